The molecule has 2 aromatic carbocycles. The highest BCUT2D eigenvalue weighted by Crippen LogP contribution is 2.37. The number of hydrogen-bond donors (Lipinski definition) is 1. The monoisotopic (exact) mass is 467 g/mol. The minimum atomic E-state index is 0.460. The topological polar surface area (TPSA) is 30.5 Å². The molecule has 0 spiro atoms. The lowest BCUT2D eigenvalue weighted by molar-refractivity contribution is 0.282. The Balaban J connectivity index is 1.83. The van der Waals surface area contributed by atoms with Crippen LogP contribution in [0.5, 0.6) is 11.5 Å². The van der Waals surface area contributed by atoms with Crippen molar-refractivity contribution in [1.82, 2.24) is 5.32 Å². The maximum absolute atomic E-state index is 5.99. The van der Waals surface area contributed by atoms with Crippen molar-refractivity contribution in [3.63, 3.8) is 0 Å². The average Bonchev–Trinajstić information content (AvgIpc) is 2.70. The van der Waals surface area contributed by atoms with Gasteiger partial charge in [0.1, 0.15) is 6.61 Å². The molecule has 2 aromatic rings. The molecule has 0 fully saturated rings. The number of hydrogen-bond acceptors (Lipinski definition) is 3. The first-order valence-corrected chi connectivity index (χ1v) is 11.3. The fourth-order valence-electron chi connectivity index (χ4n) is 3.01. The summed E-state index contributed by atoms with van der Waals surface area (Å²) in [6.07, 6.45) is 7.89. The molecular weight excluding hydrogens is 438 g/mol. The predicted molar refractivity (Wildman–Crippen MR) is 122 cm³/mol. The summed E-state index contributed by atoms with van der Waals surface area (Å²) in [5.74, 6) is 1.46. The molecule has 0 aliphatic carbocycles. The van der Waals surface area contributed by atoms with Gasteiger partial charge in [-0.05, 0) is 64.3 Å². The summed E-state index contributed by atoms with van der Waals surface area (Å²) in [5.41, 5.74) is 2.23. The minimum absolute atomic E-state index is 0.460. The number of nitrogens with one attached hydrogen (secondary N) is 1. The van der Waals surface area contributed by atoms with Crippen molar-refractivity contribution in [3.05, 3.63) is 57.0 Å². The summed E-state index contributed by atoms with van der Waals surface area (Å²) in [6, 6.07) is 11.8. The van der Waals surface area contributed by atoms with Gasteiger partial charge in [-0.2, -0.15) is 0 Å². The second-order valence-electron chi connectivity index (χ2n) is 6.97. The van der Waals surface area contributed by atoms with Crippen molar-refractivity contribution in [2.75, 3.05) is 13.7 Å². The summed E-state index contributed by atoms with van der Waals surface area (Å²) in [4.78, 5) is 0. The molecule has 154 valence electrons. The molecule has 5 heteroatoms. The molecule has 0 bridgehead atoms. The second-order valence-corrected chi connectivity index (χ2v) is 8.26. The number of benzene rings is 2. The van der Waals surface area contributed by atoms with E-state index in [1.165, 1.54) is 44.1 Å². The molecule has 2 rings (SSSR count). The summed E-state index contributed by atoms with van der Waals surface area (Å²) in [6.45, 7) is 4.58. The van der Waals surface area contributed by atoms with Crippen LogP contribution in [0.25, 0.3) is 0 Å². The third kappa shape index (κ3) is 8.02. The Labute approximate surface area is 182 Å². The van der Waals surface area contributed by atoms with Crippen molar-refractivity contribution in [1.29, 1.82) is 0 Å². The van der Waals surface area contributed by atoms with Gasteiger partial charge in [-0.1, -0.05) is 62.8 Å². The summed E-state index contributed by atoms with van der Waals surface area (Å²) >= 11 is 9.56. The van der Waals surface area contributed by atoms with E-state index in [9.17, 15) is 0 Å². The lowest BCUT2D eigenvalue weighted by Gasteiger charge is -2.15. The molecule has 0 heterocycles. The van der Waals surface area contributed by atoms with Gasteiger partial charge in [-0.3, -0.25) is 0 Å². The van der Waals surface area contributed by atoms with E-state index in [0.717, 1.165) is 39.6 Å². The molecule has 1 N–H and O–H groups in total. The van der Waals surface area contributed by atoms with Gasteiger partial charge in [0.2, 0.25) is 0 Å². The summed E-state index contributed by atoms with van der Waals surface area (Å²) in [5, 5.41) is 4.25. The highest BCUT2D eigenvalue weighted by Gasteiger charge is 2.12. The number of methoxy groups -OCH3 is 1. The Kier molecular flexibility index (Phi) is 10.8. The zero-order valence-corrected chi connectivity index (χ0v) is 19.2. The summed E-state index contributed by atoms with van der Waals surface area (Å²) < 4.78 is 12.4. The normalized spacial score (nSPS) is 10.9. The lowest BCUT2D eigenvalue weighted by Crippen LogP contribution is -2.14. The van der Waals surface area contributed by atoms with E-state index in [4.69, 9.17) is 21.1 Å². The summed E-state index contributed by atoms with van der Waals surface area (Å²) in [7, 11) is 1.67. The van der Waals surface area contributed by atoms with Gasteiger partial charge in [0.15, 0.2) is 11.5 Å². The van der Waals surface area contributed by atoms with Crippen molar-refractivity contribution in [2.45, 2.75) is 58.6 Å². The Morgan fingerprint density at radius 2 is 1.68 bits per heavy atom. The van der Waals surface area contributed by atoms with E-state index in [2.05, 4.69) is 34.2 Å². The van der Waals surface area contributed by atoms with Gasteiger partial charge in [0, 0.05) is 11.6 Å². The highest BCUT2D eigenvalue weighted by molar-refractivity contribution is 9.10. The zero-order chi connectivity index (χ0) is 20.2. The van der Waals surface area contributed by atoms with Crippen LogP contribution in [0.4, 0.5) is 0 Å². The van der Waals surface area contributed by atoms with E-state index >= 15 is 0 Å². The molecule has 0 saturated carbocycles. The quantitative estimate of drug-likeness (QED) is 0.317. The van der Waals surface area contributed by atoms with E-state index in [-0.39, 0.29) is 0 Å². The molecule has 0 amide bonds. The Morgan fingerprint density at radius 3 is 2.39 bits per heavy atom. The largest absolute Gasteiger partial charge is 0.493 e. The van der Waals surface area contributed by atoms with Crippen LogP contribution in [0.3, 0.4) is 0 Å². The van der Waals surface area contributed by atoms with Crippen molar-refractivity contribution < 1.29 is 9.47 Å². The van der Waals surface area contributed by atoms with Gasteiger partial charge < -0.3 is 14.8 Å². The lowest BCUT2D eigenvalue weighted by atomic mass is 10.1. The van der Waals surface area contributed by atoms with E-state index in [1.54, 1.807) is 7.11 Å². The van der Waals surface area contributed by atoms with Crippen LogP contribution in [0.15, 0.2) is 40.9 Å². The predicted octanol–water partition coefficient (Wildman–Crippen LogP) is 7.14. The Morgan fingerprint density at radius 1 is 0.964 bits per heavy atom. The van der Waals surface area contributed by atoms with Crippen LogP contribution >= 0.6 is 27.5 Å². The van der Waals surface area contributed by atoms with Gasteiger partial charge in [-0.25, -0.2) is 0 Å². The molecule has 0 atom stereocenters. The standard InChI is InChI=1S/C23H31BrClNO2/c1-3-4-5-6-7-8-13-26-16-19-14-21(24)23(22(15-19)27-2)28-17-18-9-11-20(25)12-10-18/h9-12,14-15,26H,3-8,13,16-17H2,1-2H3. The Bertz CT molecular complexity index is 706. The first-order chi connectivity index (χ1) is 13.6. The molecule has 0 aliphatic rings. The fourth-order valence-corrected chi connectivity index (χ4v) is 3.74. The highest BCUT2D eigenvalue weighted by atomic mass is 79.9. The zero-order valence-electron chi connectivity index (χ0n) is 16.9. The van der Waals surface area contributed by atoms with Crippen molar-refractivity contribution >= 4 is 27.5 Å². The second kappa shape index (κ2) is 13.1. The average molecular weight is 469 g/mol. The van der Waals surface area contributed by atoms with Crippen molar-refractivity contribution in [3.8, 4) is 11.5 Å². The van der Waals surface area contributed by atoms with Crippen LogP contribution in [0.1, 0.15) is 56.6 Å². The van der Waals surface area contributed by atoms with E-state index < -0.39 is 0 Å². The minimum Gasteiger partial charge on any atom is -0.493 e. The Hall–Kier alpha value is -1.23. The van der Waals surface area contributed by atoms with Crippen LogP contribution in [-0.4, -0.2) is 13.7 Å². The van der Waals surface area contributed by atoms with Gasteiger partial charge in [-0.15, -0.1) is 0 Å². The van der Waals surface area contributed by atoms with Crippen LogP contribution in [-0.2, 0) is 13.2 Å². The van der Waals surface area contributed by atoms with Crippen LogP contribution in [0, 0.1) is 0 Å². The molecule has 3 nitrogen and oxygen atoms in total. The van der Waals surface area contributed by atoms with Crippen LogP contribution < -0.4 is 14.8 Å². The van der Waals surface area contributed by atoms with Crippen molar-refractivity contribution in [2.24, 2.45) is 0 Å². The van der Waals surface area contributed by atoms with Gasteiger partial charge in [0.25, 0.3) is 0 Å². The molecule has 0 radical (unpaired) electrons. The molecule has 28 heavy (non-hydrogen) atoms. The molecule has 0 aliphatic heterocycles. The molecule has 0 saturated heterocycles. The third-order valence-electron chi connectivity index (χ3n) is 4.62. The number of halogens is 2. The number of unbranched alkanes of at least 4 members (excludes halogenated alkanes) is 5. The SMILES string of the molecule is CCCCCCCCNCc1cc(Br)c(OCc2ccc(Cl)cc2)c(OC)c1. The van der Waals surface area contributed by atoms with Gasteiger partial charge in [0.05, 0.1) is 11.6 Å². The van der Waals surface area contributed by atoms with Gasteiger partial charge >= 0.3 is 0 Å². The maximum Gasteiger partial charge on any atom is 0.175 e. The smallest absolute Gasteiger partial charge is 0.175 e. The number of rotatable bonds is 13. The van der Waals surface area contributed by atoms with E-state index in [1.807, 2.05) is 30.3 Å². The molecular formula is C23H31BrClNO2. The number of ether oxygens (including phenoxy) is 2. The maximum atomic E-state index is 5.99. The molecule has 0 aromatic heterocycles. The fraction of sp³-hybridized carbons (Fsp3) is 0.478. The first-order valence-electron chi connectivity index (χ1n) is 10.1. The third-order valence-corrected chi connectivity index (χ3v) is 5.46. The molecule has 0 unspecified atom stereocenters. The van der Waals surface area contributed by atoms with Crippen LogP contribution in [0.2, 0.25) is 5.02 Å². The first kappa shape index (κ1) is 23.1. The van der Waals surface area contributed by atoms with E-state index in [0.29, 0.717) is 6.61 Å².